The summed E-state index contributed by atoms with van der Waals surface area (Å²) < 4.78 is 10.9. The summed E-state index contributed by atoms with van der Waals surface area (Å²) >= 11 is 0. The van der Waals surface area contributed by atoms with Gasteiger partial charge in [-0.05, 0) is 13.8 Å². The molecule has 0 radical (unpaired) electrons. The first-order valence-corrected chi connectivity index (χ1v) is 6.01. The van der Waals surface area contributed by atoms with Gasteiger partial charge in [0.15, 0.2) is 0 Å². The quantitative estimate of drug-likeness (QED) is 0.661. The molecule has 3 amide bonds. The van der Waals surface area contributed by atoms with E-state index in [1.807, 2.05) is 0 Å². The van der Waals surface area contributed by atoms with Crippen LogP contribution in [0.3, 0.4) is 0 Å². The SMILES string of the molecule is CS(=O)CCN1C(=O)NC(=O)C1(C)C. The molecule has 1 fully saturated rings. The number of nitrogens with zero attached hydrogens (tertiary/aromatic N) is 1. The van der Waals surface area contributed by atoms with Crippen LogP contribution in [0.25, 0.3) is 0 Å². The van der Waals surface area contributed by atoms with Crippen LogP contribution in [-0.4, -0.2) is 45.1 Å². The van der Waals surface area contributed by atoms with Crippen LogP contribution in [0, 0.1) is 0 Å². The van der Waals surface area contributed by atoms with Crippen molar-refractivity contribution in [1.29, 1.82) is 0 Å². The van der Waals surface area contributed by atoms with Crippen LogP contribution in [0.2, 0.25) is 0 Å². The fraction of sp³-hybridized carbons (Fsp3) is 0.750. The van der Waals surface area contributed by atoms with Crippen LogP contribution in [0.1, 0.15) is 13.8 Å². The molecule has 0 bridgehead atoms. The number of urea groups is 1. The molecule has 1 unspecified atom stereocenters. The second-order valence-electron chi connectivity index (χ2n) is 3.75. The molecule has 0 saturated carbocycles. The van der Waals surface area contributed by atoms with Crippen LogP contribution < -0.4 is 5.32 Å². The predicted octanol–water partition coefficient (Wildman–Crippen LogP) is -0.305. The largest absolute Gasteiger partial charge is 0.325 e. The monoisotopic (exact) mass is 218 g/mol. The molecule has 1 N–H and O–H groups in total. The molecular formula is C8H14N2O3S. The molecule has 0 aromatic carbocycles. The lowest BCUT2D eigenvalue weighted by molar-refractivity contribution is -0.125. The molecule has 0 aliphatic carbocycles. The van der Waals surface area contributed by atoms with Gasteiger partial charge in [-0.2, -0.15) is 0 Å². The van der Waals surface area contributed by atoms with Crippen molar-refractivity contribution in [2.24, 2.45) is 0 Å². The van der Waals surface area contributed by atoms with E-state index in [9.17, 15) is 13.8 Å². The minimum Gasteiger partial charge on any atom is -0.309 e. The van der Waals surface area contributed by atoms with Crippen molar-refractivity contribution in [2.75, 3.05) is 18.6 Å². The highest BCUT2D eigenvalue weighted by Gasteiger charge is 2.45. The summed E-state index contributed by atoms with van der Waals surface area (Å²) in [5.74, 6) is 0.0915. The van der Waals surface area contributed by atoms with E-state index in [-0.39, 0.29) is 5.91 Å². The summed E-state index contributed by atoms with van der Waals surface area (Å²) in [6, 6.07) is -0.398. The molecule has 6 heteroatoms. The van der Waals surface area contributed by atoms with Gasteiger partial charge in [0, 0.05) is 29.4 Å². The number of rotatable bonds is 3. The molecular weight excluding hydrogens is 204 g/mol. The number of amides is 3. The van der Waals surface area contributed by atoms with Gasteiger partial charge in [0.05, 0.1) is 0 Å². The highest BCUT2D eigenvalue weighted by atomic mass is 32.2. The number of nitrogens with one attached hydrogen (secondary N) is 1. The zero-order valence-electron chi connectivity index (χ0n) is 8.49. The first-order chi connectivity index (χ1) is 6.35. The van der Waals surface area contributed by atoms with Crippen LogP contribution in [-0.2, 0) is 15.6 Å². The zero-order chi connectivity index (χ0) is 10.9. The third kappa shape index (κ3) is 1.95. The molecule has 0 aromatic rings. The summed E-state index contributed by atoms with van der Waals surface area (Å²) in [4.78, 5) is 24.0. The van der Waals surface area contributed by atoms with E-state index in [0.717, 1.165) is 0 Å². The lowest BCUT2D eigenvalue weighted by atomic mass is 10.1. The van der Waals surface area contributed by atoms with Crippen LogP contribution in [0.4, 0.5) is 4.79 Å². The van der Waals surface area contributed by atoms with Gasteiger partial charge in [-0.15, -0.1) is 0 Å². The Bertz CT molecular complexity index is 301. The smallest absolute Gasteiger partial charge is 0.309 e. The number of carbonyl (C=O) groups excluding carboxylic acids is 2. The first kappa shape index (κ1) is 11.2. The maximum absolute atomic E-state index is 11.3. The molecule has 0 aromatic heterocycles. The second-order valence-corrected chi connectivity index (χ2v) is 5.30. The van der Waals surface area contributed by atoms with Crippen molar-refractivity contribution in [2.45, 2.75) is 19.4 Å². The van der Waals surface area contributed by atoms with Crippen molar-refractivity contribution in [1.82, 2.24) is 10.2 Å². The maximum Gasteiger partial charge on any atom is 0.325 e. The van der Waals surface area contributed by atoms with Crippen LogP contribution in [0.15, 0.2) is 0 Å². The Morgan fingerprint density at radius 3 is 2.36 bits per heavy atom. The van der Waals surface area contributed by atoms with E-state index < -0.39 is 22.4 Å². The molecule has 80 valence electrons. The summed E-state index contributed by atoms with van der Waals surface area (Å²) in [5, 5.41) is 2.23. The average Bonchev–Trinajstić information content (AvgIpc) is 2.20. The van der Waals surface area contributed by atoms with Crippen molar-refractivity contribution < 1.29 is 13.8 Å². The highest BCUT2D eigenvalue weighted by Crippen LogP contribution is 2.19. The summed E-state index contributed by atoms with van der Waals surface area (Å²) in [6.07, 6.45) is 1.57. The lowest BCUT2D eigenvalue weighted by Gasteiger charge is -2.27. The molecule has 1 heterocycles. The molecule has 1 aliphatic heterocycles. The topological polar surface area (TPSA) is 66.5 Å². The normalized spacial score (nSPS) is 22.4. The number of imide groups is 1. The van der Waals surface area contributed by atoms with Gasteiger partial charge in [-0.25, -0.2) is 4.79 Å². The van der Waals surface area contributed by atoms with Gasteiger partial charge in [-0.3, -0.25) is 14.3 Å². The van der Waals surface area contributed by atoms with E-state index in [0.29, 0.717) is 12.3 Å². The van der Waals surface area contributed by atoms with Crippen molar-refractivity contribution in [3.8, 4) is 0 Å². The van der Waals surface area contributed by atoms with Gasteiger partial charge < -0.3 is 4.90 Å². The maximum atomic E-state index is 11.3. The van der Waals surface area contributed by atoms with Gasteiger partial charge in [0.1, 0.15) is 5.54 Å². The number of carbonyl (C=O) groups is 2. The van der Waals surface area contributed by atoms with E-state index in [1.165, 1.54) is 4.90 Å². The Morgan fingerprint density at radius 1 is 1.43 bits per heavy atom. The standard InChI is InChI=1S/C8H14N2O3S/c1-8(2)6(11)9-7(12)10(8)4-5-14(3)13/h4-5H2,1-3H3,(H,9,11,12). The van der Waals surface area contributed by atoms with Crippen molar-refractivity contribution >= 4 is 22.7 Å². The van der Waals surface area contributed by atoms with E-state index >= 15 is 0 Å². The highest BCUT2D eigenvalue weighted by molar-refractivity contribution is 7.84. The summed E-state index contributed by atoms with van der Waals surface area (Å²) in [7, 11) is -0.954. The van der Waals surface area contributed by atoms with Gasteiger partial charge in [0.25, 0.3) is 5.91 Å². The summed E-state index contributed by atoms with van der Waals surface area (Å²) in [5.41, 5.74) is -0.823. The Hall–Kier alpha value is -0.910. The van der Waals surface area contributed by atoms with E-state index in [1.54, 1.807) is 20.1 Å². The Labute approximate surface area is 85.3 Å². The van der Waals surface area contributed by atoms with Gasteiger partial charge in [0.2, 0.25) is 0 Å². The van der Waals surface area contributed by atoms with E-state index in [2.05, 4.69) is 5.32 Å². The van der Waals surface area contributed by atoms with Gasteiger partial charge >= 0.3 is 6.03 Å². The van der Waals surface area contributed by atoms with E-state index in [4.69, 9.17) is 0 Å². The molecule has 1 rings (SSSR count). The first-order valence-electron chi connectivity index (χ1n) is 4.29. The average molecular weight is 218 g/mol. The molecule has 0 spiro atoms. The third-order valence-corrected chi connectivity index (χ3v) is 3.06. The minimum atomic E-state index is -0.954. The second kappa shape index (κ2) is 3.68. The molecule has 5 nitrogen and oxygen atoms in total. The number of hydrogen-bond acceptors (Lipinski definition) is 3. The summed E-state index contributed by atoms with van der Waals surface area (Å²) in [6.45, 7) is 3.69. The van der Waals surface area contributed by atoms with Crippen molar-refractivity contribution in [3.05, 3.63) is 0 Å². The Morgan fingerprint density at radius 2 is 2.00 bits per heavy atom. The molecule has 14 heavy (non-hydrogen) atoms. The van der Waals surface area contributed by atoms with Crippen molar-refractivity contribution in [3.63, 3.8) is 0 Å². The zero-order valence-corrected chi connectivity index (χ0v) is 9.31. The van der Waals surface area contributed by atoms with Crippen LogP contribution >= 0.6 is 0 Å². The number of hydrogen-bond donors (Lipinski definition) is 1. The third-order valence-electron chi connectivity index (χ3n) is 2.30. The van der Waals surface area contributed by atoms with Gasteiger partial charge in [-0.1, -0.05) is 0 Å². The lowest BCUT2D eigenvalue weighted by Crippen LogP contribution is -2.45. The minimum absolute atomic E-state index is 0.301. The molecule has 1 aliphatic rings. The van der Waals surface area contributed by atoms with Crippen LogP contribution in [0.5, 0.6) is 0 Å². The predicted molar refractivity (Wildman–Crippen MR) is 53.3 cm³/mol. The fourth-order valence-electron chi connectivity index (χ4n) is 1.29. The molecule has 1 saturated heterocycles. The molecule has 1 atom stereocenters. The Kier molecular flexibility index (Phi) is 2.94. The fourth-order valence-corrected chi connectivity index (χ4v) is 1.73. The Balaban J connectivity index is 2.72.